The normalized spacial score (nSPS) is 21.4. The van der Waals surface area contributed by atoms with Crippen molar-refractivity contribution >= 4 is 17.7 Å². The summed E-state index contributed by atoms with van der Waals surface area (Å²) >= 11 is 0. The maximum Gasteiger partial charge on any atom is 0.345 e. The molecule has 0 aromatic heterocycles. The summed E-state index contributed by atoms with van der Waals surface area (Å²) in [5.41, 5.74) is 2.44. The Morgan fingerprint density at radius 3 is 2.11 bits per heavy atom. The van der Waals surface area contributed by atoms with Gasteiger partial charge >= 0.3 is 11.9 Å². The van der Waals surface area contributed by atoms with Crippen LogP contribution in [-0.2, 0) is 24.7 Å². The second-order valence-corrected chi connectivity index (χ2v) is 9.10. The van der Waals surface area contributed by atoms with Crippen LogP contribution in [0.5, 0.6) is 0 Å². The van der Waals surface area contributed by atoms with Gasteiger partial charge in [-0.1, -0.05) is 59.7 Å². The molecule has 182 valence electrons. The molecule has 0 N–H and O–H groups in total. The van der Waals surface area contributed by atoms with Crippen molar-refractivity contribution < 1.29 is 23.9 Å². The van der Waals surface area contributed by atoms with E-state index in [1.807, 2.05) is 74.1 Å². The molecule has 0 saturated carbocycles. The molecule has 4 rings (SSSR count). The van der Waals surface area contributed by atoms with Gasteiger partial charge < -0.3 is 19.3 Å². The Kier molecular flexibility index (Phi) is 6.52. The lowest BCUT2D eigenvalue weighted by atomic mass is 9.82. The SMILES string of the molecule is COC(=O)/C=C1\N(C)CCCN(C)C2=C(C(=O)c3ccc(C)cc3)C(=O)OC21c1ccc(C)cc1. The third kappa shape index (κ3) is 4.22. The van der Waals surface area contributed by atoms with E-state index in [4.69, 9.17) is 9.47 Å². The fraction of sp³-hybridized carbons (Fsp3) is 0.321. The summed E-state index contributed by atoms with van der Waals surface area (Å²) in [6.07, 6.45) is 2.10. The van der Waals surface area contributed by atoms with Crippen LogP contribution >= 0.6 is 0 Å². The Labute approximate surface area is 205 Å². The Morgan fingerprint density at radius 1 is 0.943 bits per heavy atom. The van der Waals surface area contributed by atoms with Crippen LogP contribution in [-0.4, -0.2) is 61.8 Å². The molecule has 2 heterocycles. The summed E-state index contributed by atoms with van der Waals surface area (Å²) in [6, 6.07) is 14.7. The van der Waals surface area contributed by atoms with Crippen LogP contribution in [0, 0.1) is 13.8 Å². The van der Waals surface area contributed by atoms with Crippen molar-refractivity contribution in [1.82, 2.24) is 9.80 Å². The lowest BCUT2D eigenvalue weighted by molar-refractivity contribution is -0.147. The van der Waals surface area contributed by atoms with Gasteiger partial charge in [0.2, 0.25) is 11.4 Å². The number of fused-ring (bicyclic) bond motifs is 1. The highest BCUT2D eigenvalue weighted by Gasteiger charge is 2.56. The van der Waals surface area contributed by atoms with Gasteiger partial charge in [-0.05, 0) is 20.3 Å². The summed E-state index contributed by atoms with van der Waals surface area (Å²) in [4.78, 5) is 43.6. The summed E-state index contributed by atoms with van der Waals surface area (Å²) in [5.74, 6) is -1.70. The molecule has 0 aliphatic carbocycles. The first-order valence-electron chi connectivity index (χ1n) is 11.6. The number of rotatable bonds is 4. The number of ketones is 1. The molecule has 0 amide bonds. The molecule has 0 bridgehead atoms. The third-order valence-corrected chi connectivity index (χ3v) is 6.62. The van der Waals surface area contributed by atoms with E-state index in [0.29, 0.717) is 35.6 Å². The standard InChI is InChI=1S/C28H30N2O5/c1-18-7-11-20(12-8-18)25(32)24-26-28(35-27(24)33,21-13-9-19(2)10-14-21)22(17-23(31)34-5)29(3)15-6-16-30(26)4/h7-14,17H,6,15-16H2,1-5H3/b22-17-. The topological polar surface area (TPSA) is 76.2 Å². The summed E-state index contributed by atoms with van der Waals surface area (Å²) in [5, 5.41) is 0. The fourth-order valence-electron chi connectivity index (χ4n) is 4.75. The Morgan fingerprint density at radius 2 is 1.51 bits per heavy atom. The predicted octanol–water partition coefficient (Wildman–Crippen LogP) is 3.52. The third-order valence-electron chi connectivity index (χ3n) is 6.62. The van der Waals surface area contributed by atoms with Gasteiger partial charge in [-0.25, -0.2) is 9.59 Å². The van der Waals surface area contributed by atoms with E-state index in [0.717, 1.165) is 17.5 Å². The molecule has 1 atom stereocenters. The zero-order valence-electron chi connectivity index (χ0n) is 20.8. The minimum absolute atomic E-state index is 0.0250. The van der Waals surface area contributed by atoms with E-state index in [9.17, 15) is 14.4 Å². The summed E-state index contributed by atoms with van der Waals surface area (Å²) < 4.78 is 11.2. The molecule has 2 aliphatic heterocycles. The van der Waals surface area contributed by atoms with Crippen LogP contribution in [0.3, 0.4) is 0 Å². The van der Waals surface area contributed by atoms with Gasteiger partial charge in [-0.2, -0.15) is 0 Å². The van der Waals surface area contributed by atoms with Crippen LogP contribution < -0.4 is 0 Å². The van der Waals surface area contributed by atoms with Crippen molar-refractivity contribution in [2.24, 2.45) is 0 Å². The number of hydrogen-bond donors (Lipinski definition) is 0. The van der Waals surface area contributed by atoms with Crippen molar-refractivity contribution in [2.45, 2.75) is 25.9 Å². The number of carbonyl (C=O) groups excluding carboxylic acids is 3. The van der Waals surface area contributed by atoms with E-state index >= 15 is 0 Å². The molecule has 1 fully saturated rings. The zero-order chi connectivity index (χ0) is 25.3. The van der Waals surface area contributed by atoms with Crippen molar-refractivity contribution in [3.05, 3.63) is 93.8 Å². The summed E-state index contributed by atoms with van der Waals surface area (Å²) in [7, 11) is 5.00. The van der Waals surface area contributed by atoms with E-state index in [1.165, 1.54) is 13.2 Å². The number of Topliss-reactive ketones (excluding diaryl/α,β-unsaturated/α-hetero) is 1. The van der Waals surface area contributed by atoms with Crippen LogP contribution in [0.15, 0.2) is 71.6 Å². The van der Waals surface area contributed by atoms with Crippen molar-refractivity contribution in [2.75, 3.05) is 34.3 Å². The zero-order valence-corrected chi connectivity index (χ0v) is 20.8. The van der Waals surface area contributed by atoms with Crippen LogP contribution in [0.4, 0.5) is 0 Å². The highest BCUT2D eigenvalue weighted by Crippen LogP contribution is 2.50. The number of methoxy groups -OCH3 is 1. The molecular weight excluding hydrogens is 444 g/mol. The highest BCUT2D eigenvalue weighted by molar-refractivity contribution is 6.26. The number of aryl methyl sites for hydroxylation is 2. The van der Waals surface area contributed by atoms with Crippen molar-refractivity contribution in [3.8, 4) is 0 Å². The molecule has 1 unspecified atom stereocenters. The molecule has 1 saturated heterocycles. The number of ether oxygens (including phenoxy) is 2. The average Bonchev–Trinajstić information content (AvgIpc) is 3.15. The van der Waals surface area contributed by atoms with Gasteiger partial charge in [-0.3, -0.25) is 4.79 Å². The largest absolute Gasteiger partial charge is 0.466 e. The lowest BCUT2D eigenvalue weighted by Crippen LogP contribution is -2.46. The van der Waals surface area contributed by atoms with Gasteiger partial charge in [0.05, 0.1) is 18.5 Å². The van der Waals surface area contributed by atoms with Gasteiger partial charge in [0.15, 0.2) is 0 Å². The Bertz CT molecular complexity index is 1230. The predicted molar refractivity (Wildman–Crippen MR) is 131 cm³/mol. The minimum atomic E-state index is -1.49. The molecule has 2 aliphatic rings. The Hall–Kier alpha value is -3.87. The molecule has 35 heavy (non-hydrogen) atoms. The quantitative estimate of drug-likeness (QED) is 0.290. The first-order valence-corrected chi connectivity index (χ1v) is 11.6. The van der Waals surface area contributed by atoms with E-state index in [1.54, 1.807) is 12.1 Å². The van der Waals surface area contributed by atoms with Gasteiger partial charge in [-0.15, -0.1) is 0 Å². The molecule has 7 nitrogen and oxygen atoms in total. The van der Waals surface area contributed by atoms with E-state index in [2.05, 4.69) is 0 Å². The minimum Gasteiger partial charge on any atom is -0.466 e. The van der Waals surface area contributed by atoms with Gasteiger partial charge in [0, 0.05) is 44.4 Å². The first-order chi connectivity index (χ1) is 16.7. The highest BCUT2D eigenvalue weighted by atomic mass is 16.6. The van der Waals surface area contributed by atoms with Gasteiger partial charge in [0.25, 0.3) is 0 Å². The van der Waals surface area contributed by atoms with E-state index in [-0.39, 0.29) is 5.57 Å². The van der Waals surface area contributed by atoms with Crippen molar-refractivity contribution in [1.29, 1.82) is 0 Å². The molecule has 2 aromatic rings. The fourth-order valence-corrected chi connectivity index (χ4v) is 4.75. The molecule has 0 spiro atoms. The number of likely N-dealkylation sites (N-methyl/N-ethyl adjacent to an activating group) is 2. The number of hydrogen-bond acceptors (Lipinski definition) is 7. The maximum absolute atomic E-state index is 13.8. The second kappa shape index (κ2) is 9.41. The molecular formula is C28H30N2O5. The van der Waals surface area contributed by atoms with E-state index < -0.39 is 23.3 Å². The van der Waals surface area contributed by atoms with Crippen LogP contribution in [0.25, 0.3) is 0 Å². The number of carbonyl (C=O) groups is 3. The lowest BCUT2D eigenvalue weighted by Gasteiger charge is -2.43. The molecule has 0 radical (unpaired) electrons. The first kappa shape index (κ1) is 24.3. The maximum atomic E-state index is 13.8. The second-order valence-electron chi connectivity index (χ2n) is 9.10. The number of benzene rings is 2. The van der Waals surface area contributed by atoms with Crippen LogP contribution in [0.2, 0.25) is 0 Å². The van der Waals surface area contributed by atoms with Crippen molar-refractivity contribution in [3.63, 3.8) is 0 Å². The molecule has 7 heteroatoms. The number of esters is 2. The average molecular weight is 475 g/mol. The van der Waals surface area contributed by atoms with Gasteiger partial charge in [0.1, 0.15) is 5.57 Å². The number of nitrogens with zero attached hydrogens (tertiary/aromatic N) is 2. The Balaban J connectivity index is 2.06. The summed E-state index contributed by atoms with van der Waals surface area (Å²) in [6.45, 7) is 5.12. The smallest absolute Gasteiger partial charge is 0.345 e. The monoisotopic (exact) mass is 474 g/mol. The molecule has 2 aromatic carbocycles. The van der Waals surface area contributed by atoms with Crippen LogP contribution in [0.1, 0.15) is 33.5 Å².